The zero-order valence-electron chi connectivity index (χ0n) is 16.4. The van der Waals surface area contributed by atoms with Gasteiger partial charge in [-0.05, 0) is 30.2 Å². The Balaban J connectivity index is 1.95. The summed E-state index contributed by atoms with van der Waals surface area (Å²) in [5.41, 5.74) is 2.96. The van der Waals surface area contributed by atoms with Crippen LogP contribution in [0.25, 0.3) is 11.1 Å². The van der Waals surface area contributed by atoms with Crippen LogP contribution in [-0.2, 0) is 14.8 Å². The molecule has 0 aliphatic rings. The van der Waals surface area contributed by atoms with Gasteiger partial charge in [0.25, 0.3) is 0 Å². The fourth-order valence-electron chi connectivity index (χ4n) is 3.31. The van der Waals surface area contributed by atoms with Crippen molar-refractivity contribution in [3.63, 3.8) is 0 Å². The molecule has 6 heteroatoms. The van der Waals surface area contributed by atoms with E-state index in [9.17, 15) is 13.2 Å². The molecule has 150 valence electrons. The summed E-state index contributed by atoms with van der Waals surface area (Å²) >= 11 is 0. The summed E-state index contributed by atoms with van der Waals surface area (Å²) in [6, 6.07) is 25.1. The molecule has 1 atom stereocenters. The maximum atomic E-state index is 13.2. The molecular weight excluding hydrogens is 384 g/mol. The first-order chi connectivity index (χ1) is 13.9. The Hall–Kier alpha value is -3.12. The number of carbonyl (C=O) groups excluding carboxylic acids is 1. The van der Waals surface area contributed by atoms with Gasteiger partial charge in [0, 0.05) is 11.3 Å². The molecule has 1 amide bonds. The Labute approximate surface area is 172 Å². The van der Waals surface area contributed by atoms with E-state index in [1.165, 1.54) is 4.31 Å². The van der Waals surface area contributed by atoms with E-state index < -0.39 is 16.1 Å². The monoisotopic (exact) mass is 408 g/mol. The van der Waals surface area contributed by atoms with Crippen molar-refractivity contribution in [3.05, 3.63) is 84.9 Å². The summed E-state index contributed by atoms with van der Waals surface area (Å²) in [4.78, 5) is 13.2. The van der Waals surface area contributed by atoms with Crippen LogP contribution in [0.3, 0.4) is 0 Å². The first-order valence-corrected chi connectivity index (χ1v) is 11.3. The quantitative estimate of drug-likeness (QED) is 0.624. The van der Waals surface area contributed by atoms with Crippen molar-refractivity contribution in [1.29, 1.82) is 0 Å². The highest BCUT2D eigenvalue weighted by molar-refractivity contribution is 7.92. The molecular formula is C23H24N2O3S. The Morgan fingerprint density at radius 3 is 2.03 bits per heavy atom. The summed E-state index contributed by atoms with van der Waals surface area (Å²) in [5, 5.41) is 2.94. The minimum Gasteiger partial charge on any atom is -0.324 e. The van der Waals surface area contributed by atoms with Gasteiger partial charge in [-0.15, -0.1) is 0 Å². The summed E-state index contributed by atoms with van der Waals surface area (Å²) in [6.45, 7) is 1.80. The predicted molar refractivity (Wildman–Crippen MR) is 118 cm³/mol. The highest BCUT2D eigenvalue weighted by Crippen LogP contribution is 2.29. The van der Waals surface area contributed by atoms with Gasteiger partial charge in [-0.1, -0.05) is 73.7 Å². The van der Waals surface area contributed by atoms with Gasteiger partial charge in [0.1, 0.15) is 6.04 Å². The summed E-state index contributed by atoms with van der Waals surface area (Å²) < 4.78 is 26.2. The molecule has 3 rings (SSSR count). The third kappa shape index (κ3) is 4.84. The number of anilines is 2. The molecule has 0 aliphatic heterocycles. The molecule has 0 saturated heterocycles. The summed E-state index contributed by atoms with van der Waals surface area (Å²) in [5.74, 6) is -0.370. The van der Waals surface area contributed by atoms with Gasteiger partial charge in [0.05, 0.1) is 11.9 Å². The van der Waals surface area contributed by atoms with Crippen LogP contribution in [0, 0.1) is 0 Å². The van der Waals surface area contributed by atoms with Crippen LogP contribution in [0.4, 0.5) is 11.4 Å². The lowest BCUT2D eigenvalue weighted by molar-refractivity contribution is -0.117. The maximum absolute atomic E-state index is 13.2. The van der Waals surface area contributed by atoms with Crippen LogP contribution in [0.5, 0.6) is 0 Å². The third-order valence-corrected chi connectivity index (χ3v) is 5.79. The number of hydrogen-bond acceptors (Lipinski definition) is 3. The molecule has 0 radical (unpaired) electrons. The lowest BCUT2D eigenvalue weighted by Crippen LogP contribution is -2.47. The van der Waals surface area contributed by atoms with E-state index in [2.05, 4.69) is 5.32 Å². The van der Waals surface area contributed by atoms with E-state index in [-0.39, 0.29) is 5.91 Å². The lowest BCUT2D eigenvalue weighted by atomic mass is 10.0. The van der Waals surface area contributed by atoms with E-state index in [1.54, 1.807) is 37.3 Å². The number of sulfonamides is 1. The second-order valence-corrected chi connectivity index (χ2v) is 8.58. The van der Waals surface area contributed by atoms with Gasteiger partial charge < -0.3 is 5.32 Å². The molecule has 0 aromatic heterocycles. The number of nitrogens with one attached hydrogen (secondary N) is 1. The van der Waals surface area contributed by atoms with Gasteiger partial charge in [0.2, 0.25) is 15.9 Å². The summed E-state index contributed by atoms with van der Waals surface area (Å²) in [6.07, 6.45) is 1.45. The van der Waals surface area contributed by atoms with E-state index in [4.69, 9.17) is 0 Å². The molecule has 0 heterocycles. The van der Waals surface area contributed by atoms with Crippen LogP contribution in [-0.4, -0.2) is 26.6 Å². The number of nitrogens with zero attached hydrogens (tertiary/aromatic N) is 1. The third-order valence-electron chi connectivity index (χ3n) is 4.61. The minimum atomic E-state index is -3.66. The smallest absolute Gasteiger partial charge is 0.248 e. The number of benzene rings is 3. The van der Waals surface area contributed by atoms with Crippen LogP contribution >= 0.6 is 0 Å². The molecule has 5 nitrogen and oxygen atoms in total. The fraction of sp³-hybridized carbons (Fsp3) is 0.174. The molecule has 0 saturated carbocycles. The van der Waals surface area contributed by atoms with E-state index in [1.807, 2.05) is 54.6 Å². The summed E-state index contributed by atoms with van der Waals surface area (Å²) in [7, 11) is -3.66. The fourth-order valence-corrected chi connectivity index (χ4v) is 4.52. The van der Waals surface area contributed by atoms with Crippen LogP contribution < -0.4 is 9.62 Å². The predicted octanol–water partition coefficient (Wildman–Crippen LogP) is 4.54. The standard InChI is InChI=1S/C23H24N2O3S/c1-3-22(25(29(2,27)28)19-14-8-5-9-15-19)23(26)24-21-17-11-10-16-20(21)18-12-6-4-7-13-18/h4-17,22H,3H2,1-2H3,(H,24,26)/t22-/m1/s1. The molecule has 0 aliphatic carbocycles. The molecule has 0 unspecified atom stereocenters. The Morgan fingerprint density at radius 2 is 1.45 bits per heavy atom. The lowest BCUT2D eigenvalue weighted by Gasteiger charge is -2.30. The molecule has 3 aromatic carbocycles. The van der Waals surface area contributed by atoms with Crippen molar-refractivity contribution in [2.75, 3.05) is 15.9 Å². The van der Waals surface area contributed by atoms with Crippen molar-refractivity contribution in [2.45, 2.75) is 19.4 Å². The number of rotatable bonds is 7. The topological polar surface area (TPSA) is 66.5 Å². The molecule has 0 spiro atoms. The van der Waals surface area contributed by atoms with Gasteiger partial charge >= 0.3 is 0 Å². The van der Waals surface area contributed by atoms with Crippen LogP contribution in [0.15, 0.2) is 84.9 Å². The van der Waals surface area contributed by atoms with E-state index in [0.29, 0.717) is 17.8 Å². The van der Waals surface area contributed by atoms with E-state index in [0.717, 1.165) is 17.4 Å². The highest BCUT2D eigenvalue weighted by atomic mass is 32.2. The van der Waals surface area contributed by atoms with Crippen LogP contribution in [0.2, 0.25) is 0 Å². The van der Waals surface area contributed by atoms with Gasteiger partial charge in [-0.3, -0.25) is 9.10 Å². The normalized spacial score (nSPS) is 12.2. The first-order valence-electron chi connectivity index (χ1n) is 9.41. The number of para-hydroxylation sites is 2. The second kappa shape index (κ2) is 8.92. The molecule has 29 heavy (non-hydrogen) atoms. The number of amides is 1. The van der Waals surface area contributed by atoms with Gasteiger partial charge in [-0.25, -0.2) is 8.42 Å². The first kappa shape index (κ1) is 20.6. The van der Waals surface area contributed by atoms with Crippen molar-refractivity contribution >= 4 is 27.3 Å². The largest absolute Gasteiger partial charge is 0.324 e. The Kier molecular flexibility index (Phi) is 6.34. The zero-order chi connectivity index (χ0) is 20.9. The second-order valence-electron chi connectivity index (χ2n) is 6.72. The zero-order valence-corrected chi connectivity index (χ0v) is 17.3. The number of carbonyl (C=O) groups is 1. The average molecular weight is 409 g/mol. The van der Waals surface area contributed by atoms with E-state index >= 15 is 0 Å². The Morgan fingerprint density at radius 1 is 0.897 bits per heavy atom. The molecule has 0 fully saturated rings. The maximum Gasteiger partial charge on any atom is 0.248 e. The SMILES string of the molecule is CC[C@H](C(=O)Nc1ccccc1-c1ccccc1)N(c1ccccc1)S(C)(=O)=O. The van der Waals surface area contributed by atoms with Gasteiger partial charge in [-0.2, -0.15) is 0 Å². The van der Waals surface area contributed by atoms with Crippen molar-refractivity contribution in [2.24, 2.45) is 0 Å². The average Bonchev–Trinajstić information content (AvgIpc) is 2.72. The van der Waals surface area contributed by atoms with Gasteiger partial charge in [0.15, 0.2) is 0 Å². The molecule has 0 bridgehead atoms. The van der Waals surface area contributed by atoms with Crippen LogP contribution in [0.1, 0.15) is 13.3 Å². The number of hydrogen-bond donors (Lipinski definition) is 1. The highest BCUT2D eigenvalue weighted by Gasteiger charge is 2.31. The van der Waals surface area contributed by atoms with Crippen molar-refractivity contribution in [3.8, 4) is 11.1 Å². The van der Waals surface area contributed by atoms with Crippen molar-refractivity contribution in [1.82, 2.24) is 0 Å². The Bertz CT molecular complexity index is 1070. The van der Waals surface area contributed by atoms with Crippen molar-refractivity contribution < 1.29 is 13.2 Å². The molecule has 3 aromatic rings. The molecule has 1 N–H and O–H groups in total. The minimum absolute atomic E-state index is 0.335.